The summed E-state index contributed by atoms with van der Waals surface area (Å²) in [6.45, 7) is -0.0643. The monoisotopic (exact) mass is 479 g/mol. The van der Waals surface area contributed by atoms with Crippen LogP contribution in [-0.2, 0) is 4.79 Å². The van der Waals surface area contributed by atoms with E-state index in [1.165, 1.54) is 4.90 Å². The summed E-state index contributed by atoms with van der Waals surface area (Å²) in [4.78, 5) is 32.9. The van der Waals surface area contributed by atoms with Gasteiger partial charge in [0.2, 0.25) is 5.91 Å². The van der Waals surface area contributed by atoms with E-state index in [0.29, 0.717) is 11.3 Å². The molecule has 2 heterocycles. The normalized spacial score (nSPS) is 10.7. The summed E-state index contributed by atoms with van der Waals surface area (Å²) in [5, 5.41) is 5.57. The van der Waals surface area contributed by atoms with Crippen LogP contribution in [-0.4, -0.2) is 35.3 Å². The molecular weight excluding hydrogens is 462 g/mol. The molecule has 0 spiro atoms. The second kappa shape index (κ2) is 8.77. The molecule has 2 amide bonds. The van der Waals surface area contributed by atoms with Gasteiger partial charge in [0.1, 0.15) is 0 Å². The van der Waals surface area contributed by atoms with E-state index in [4.69, 9.17) is 4.98 Å². The van der Waals surface area contributed by atoms with Gasteiger partial charge in [-0.2, -0.15) is 0 Å². The highest BCUT2D eigenvalue weighted by Crippen LogP contribution is 2.28. The van der Waals surface area contributed by atoms with Gasteiger partial charge in [0.05, 0.1) is 33.9 Å². The summed E-state index contributed by atoms with van der Waals surface area (Å²) in [5.74, 6) is -0.497. The molecule has 4 aromatic rings. The summed E-state index contributed by atoms with van der Waals surface area (Å²) in [6.07, 6.45) is 0. The van der Waals surface area contributed by atoms with Crippen molar-refractivity contribution in [3.8, 4) is 10.6 Å². The highest BCUT2D eigenvalue weighted by Gasteiger charge is 2.20. The maximum absolute atomic E-state index is 13.2. The number of carbonyl (C=O) groups is 2. The Morgan fingerprint density at radius 2 is 1.83 bits per heavy atom. The Labute approximate surface area is 186 Å². The molecule has 4 rings (SSSR count). The zero-order valence-electron chi connectivity index (χ0n) is 16.1. The molecule has 0 unspecified atom stereocenters. The lowest BCUT2D eigenvalue weighted by Crippen LogP contribution is -2.35. The Hall–Kier alpha value is -3.03. The Kier molecular flexibility index (Phi) is 5.92. The number of hydrogen-bond donors (Lipinski definition) is 1. The molecule has 0 aliphatic rings. The van der Waals surface area contributed by atoms with Crippen molar-refractivity contribution in [1.29, 1.82) is 0 Å². The molecule has 0 aliphatic carbocycles. The van der Waals surface area contributed by atoms with Crippen LogP contribution in [0.15, 0.2) is 76.6 Å². The Morgan fingerprint density at radius 3 is 2.60 bits per heavy atom. The first kappa shape index (κ1) is 20.3. The van der Waals surface area contributed by atoms with Gasteiger partial charge in [-0.25, -0.2) is 4.98 Å². The van der Waals surface area contributed by atoms with Crippen molar-refractivity contribution in [2.75, 3.05) is 18.9 Å². The van der Waals surface area contributed by atoms with Gasteiger partial charge in [-0.1, -0.05) is 36.4 Å². The number of pyridine rings is 1. The summed E-state index contributed by atoms with van der Waals surface area (Å²) < 4.78 is 0.785. The van der Waals surface area contributed by atoms with Gasteiger partial charge in [-0.15, -0.1) is 11.3 Å². The van der Waals surface area contributed by atoms with Crippen molar-refractivity contribution in [2.24, 2.45) is 0 Å². The number of fused-ring (bicyclic) bond motifs is 1. The first-order chi connectivity index (χ1) is 14.5. The zero-order chi connectivity index (χ0) is 21.1. The zero-order valence-corrected chi connectivity index (χ0v) is 18.5. The third-order valence-electron chi connectivity index (χ3n) is 4.60. The number of nitrogens with one attached hydrogen (secondary N) is 1. The minimum Gasteiger partial charge on any atom is -0.332 e. The van der Waals surface area contributed by atoms with E-state index in [2.05, 4.69) is 21.2 Å². The van der Waals surface area contributed by atoms with Crippen LogP contribution in [0.5, 0.6) is 0 Å². The van der Waals surface area contributed by atoms with E-state index in [1.807, 2.05) is 60.0 Å². The van der Waals surface area contributed by atoms with Crippen molar-refractivity contribution >= 4 is 55.7 Å². The molecule has 1 N–H and O–H groups in total. The highest BCUT2D eigenvalue weighted by atomic mass is 79.9. The summed E-state index contributed by atoms with van der Waals surface area (Å²) >= 11 is 4.98. The molecule has 0 atom stereocenters. The van der Waals surface area contributed by atoms with Crippen molar-refractivity contribution in [2.45, 2.75) is 0 Å². The molecule has 0 aliphatic heterocycles. The van der Waals surface area contributed by atoms with Crippen LogP contribution in [0.2, 0.25) is 0 Å². The number of rotatable bonds is 5. The van der Waals surface area contributed by atoms with Crippen LogP contribution in [0.4, 0.5) is 5.69 Å². The van der Waals surface area contributed by atoms with Crippen LogP contribution >= 0.6 is 27.3 Å². The maximum Gasteiger partial charge on any atom is 0.254 e. The number of hydrogen-bond acceptors (Lipinski definition) is 4. The fraction of sp³-hybridized carbons (Fsp3) is 0.0870. The molecular formula is C23H18BrN3O2S. The van der Waals surface area contributed by atoms with Gasteiger partial charge in [0.25, 0.3) is 5.91 Å². The largest absolute Gasteiger partial charge is 0.332 e. The van der Waals surface area contributed by atoms with E-state index in [1.54, 1.807) is 30.5 Å². The number of likely N-dealkylation sites (N-methyl/N-ethyl adjacent to an activating group) is 1. The van der Waals surface area contributed by atoms with Crippen molar-refractivity contribution < 1.29 is 9.59 Å². The molecule has 7 heteroatoms. The predicted octanol–water partition coefficient (Wildman–Crippen LogP) is 5.44. The van der Waals surface area contributed by atoms with Crippen molar-refractivity contribution in [3.05, 3.63) is 82.1 Å². The molecule has 5 nitrogen and oxygen atoms in total. The number of halogens is 1. The van der Waals surface area contributed by atoms with E-state index in [-0.39, 0.29) is 18.4 Å². The van der Waals surface area contributed by atoms with E-state index in [9.17, 15) is 9.59 Å². The van der Waals surface area contributed by atoms with Crippen molar-refractivity contribution in [3.63, 3.8) is 0 Å². The number of amides is 2. The topological polar surface area (TPSA) is 62.3 Å². The quantitative estimate of drug-likeness (QED) is 0.414. The Morgan fingerprint density at radius 1 is 1.07 bits per heavy atom. The third-order valence-corrected chi connectivity index (χ3v) is 6.18. The lowest BCUT2D eigenvalue weighted by atomic mass is 10.1. The molecule has 2 aromatic heterocycles. The van der Waals surface area contributed by atoms with Crippen LogP contribution in [0, 0.1) is 0 Å². The SMILES string of the molecule is CN(CC(=O)Nc1ccccc1Br)C(=O)c1cc(-c2cccs2)nc2ccccc12. The molecule has 2 aromatic carbocycles. The lowest BCUT2D eigenvalue weighted by molar-refractivity contribution is -0.116. The smallest absolute Gasteiger partial charge is 0.254 e. The molecule has 0 radical (unpaired) electrons. The standard InChI is InChI=1S/C23H18BrN3O2S/c1-27(14-22(28)26-19-10-5-3-8-17(19)24)23(29)16-13-20(21-11-6-12-30-21)25-18-9-4-2-7-15(16)18/h2-13H,14H2,1H3,(H,26,28). The van der Waals surface area contributed by atoms with Gasteiger partial charge in [0.15, 0.2) is 0 Å². The maximum atomic E-state index is 13.2. The van der Waals surface area contributed by atoms with Crippen molar-refractivity contribution in [1.82, 2.24) is 9.88 Å². The Bertz CT molecular complexity index is 1220. The molecule has 0 saturated carbocycles. The van der Waals surface area contributed by atoms with Gasteiger partial charge in [-0.3, -0.25) is 9.59 Å². The van der Waals surface area contributed by atoms with Gasteiger partial charge >= 0.3 is 0 Å². The van der Waals surface area contributed by atoms with Crippen LogP contribution < -0.4 is 5.32 Å². The summed E-state index contributed by atoms with van der Waals surface area (Å²) in [6, 6.07) is 20.6. The fourth-order valence-electron chi connectivity index (χ4n) is 3.15. The number of benzene rings is 2. The number of thiophene rings is 1. The minimum absolute atomic E-state index is 0.0643. The summed E-state index contributed by atoms with van der Waals surface area (Å²) in [5.41, 5.74) is 2.69. The number of para-hydroxylation sites is 2. The second-order valence-electron chi connectivity index (χ2n) is 6.74. The van der Waals surface area contributed by atoms with E-state index < -0.39 is 0 Å². The van der Waals surface area contributed by atoms with Crippen LogP contribution in [0.3, 0.4) is 0 Å². The first-order valence-corrected chi connectivity index (χ1v) is 10.9. The molecule has 0 fully saturated rings. The van der Waals surface area contributed by atoms with Gasteiger partial charge in [-0.05, 0) is 51.6 Å². The first-order valence-electron chi connectivity index (χ1n) is 9.26. The van der Waals surface area contributed by atoms with Crippen LogP contribution in [0.25, 0.3) is 21.5 Å². The molecule has 0 bridgehead atoms. The average molecular weight is 480 g/mol. The molecule has 150 valence electrons. The van der Waals surface area contributed by atoms with E-state index >= 15 is 0 Å². The number of nitrogens with zero attached hydrogens (tertiary/aromatic N) is 2. The van der Waals surface area contributed by atoms with E-state index in [0.717, 1.165) is 25.9 Å². The number of anilines is 1. The molecule has 0 saturated heterocycles. The Balaban J connectivity index is 1.60. The summed E-state index contributed by atoms with van der Waals surface area (Å²) in [7, 11) is 1.63. The highest BCUT2D eigenvalue weighted by molar-refractivity contribution is 9.10. The van der Waals surface area contributed by atoms with Crippen LogP contribution in [0.1, 0.15) is 10.4 Å². The average Bonchev–Trinajstić information content (AvgIpc) is 3.29. The van der Waals surface area contributed by atoms with Gasteiger partial charge in [0, 0.05) is 16.9 Å². The second-order valence-corrected chi connectivity index (χ2v) is 8.54. The number of aromatic nitrogens is 1. The number of carbonyl (C=O) groups excluding carboxylic acids is 2. The molecule has 30 heavy (non-hydrogen) atoms. The van der Waals surface area contributed by atoms with Gasteiger partial charge < -0.3 is 10.2 Å². The predicted molar refractivity (Wildman–Crippen MR) is 125 cm³/mol. The third kappa shape index (κ3) is 4.27. The fourth-order valence-corrected chi connectivity index (χ4v) is 4.22. The minimum atomic E-state index is -0.269. The lowest BCUT2D eigenvalue weighted by Gasteiger charge is -2.18.